The normalized spacial score (nSPS) is 11.4. The fourth-order valence-corrected chi connectivity index (χ4v) is 2.49. The number of nitrogens with zero attached hydrogens (tertiary/aromatic N) is 1. The summed E-state index contributed by atoms with van der Waals surface area (Å²) in [7, 11) is 0. The molecule has 0 saturated heterocycles. The molecule has 1 unspecified atom stereocenters. The first kappa shape index (κ1) is 20.0. The Balaban J connectivity index is 2.90. The van der Waals surface area contributed by atoms with Crippen molar-refractivity contribution in [2.24, 2.45) is 0 Å². The number of nitrogens with one attached hydrogen (secondary N) is 2. The Bertz CT molecular complexity index is 639. The Labute approximate surface area is 149 Å². The van der Waals surface area contributed by atoms with Crippen LogP contribution in [0.5, 0.6) is 0 Å². The maximum atomic E-state index is 12.3. The SMILES string of the molecule is C=CCNC(=O)C(CCSC)NC(=O)c1ccc(Cl)c([N+](=O)[O-])c1. The Morgan fingerprint density at radius 3 is 2.79 bits per heavy atom. The first-order valence-electron chi connectivity index (χ1n) is 7.03. The molecule has 1 aromatic carbocycles. The first-order chi connectivity index (χ1) is 11.4. The highest BCUT2D eigenvalue weighted by Gasteiger charge is 2.22. The summed E-state index contributed by atoms with van der Waals surface area (Å²) in [5.41, 5.74) is -0.294. The van der Waals surface area contributed by atoms with E-state index in [9.17, 15) is 19.7 Å². The average Bonchev–Trinajstić information content (AvgIpc) is 2.56. The Hall–Kier alpha value is -2.06. The van der Waals surface area contributed by atoms with Crippen molar-refractivity contribution in [3.8, 4) is 0 Å². The lowest BCUT2D eigenvalue weighted by Crippen LogP contribution is -2.47. The lowest BCUT2D eigenvalue weighted by Gasteiger charge is -2.17. The number of amides is 2. The van der Waals surface area contributed by atoms with Gasteiger partial charge in [-0.1, -0.05) is 17.7 Å². The van der Waals surface area contributed by atoms with Crippen molar-refractivity contribution in [1.29, 1.82) is 0 Å². The standard InChI is InChI=1S/C15H18ClN3O4S/c1-3-7-17-15(21)12(6-8-24-2)18-14(20)10-4-5-11(16)13(9-10)19(22)23/h3-5,9,12H,1,6-8H2,2H3,(H,17,21)(H,18,20). The largest absolute Gasteiger partial charge is 0.351 e. The number of nitro groups is 1. The van der Waals surface area contributed by atoms with E-state index in [1.54, 1.807) is 11.8 Å². The monoisotopic (exact) mass is 371 g/mol. The predicted molar refractivity (Wildman–Crippen MR) is 95.6 cm³/mol. The van der Waals surface area contributed by atoms with Gasteiger partial charge in [-0.05, 0) is 30.6 Å². The summed E-state index contributed by atoms with van der Waals surface area (Å²) in [6.45, 7) is 3.80. The zero-order valence-electron chi connectivity index (χ0n) is 13.1. The molecule has 0 aliphatic carbocycles. The molecule has 0 bridgehead atoms. The van der Waals surface area contributed by atoms with Gasteiger partial charge in [-0.15, -0.1) is 6.58 Å². The van der Waals surface area contributed by atoms with E-state index in [-0.39, 0.29) is 28.7 Å². The van der Waals surface area contributed by atoms with Crippen molar-refractivity contribution >= 4 is 40.9 Å². The molecule has 1 atom stereocenters. The summed E-state index contributed by atoms with van der Waals surface area (Å²) in [6.07, 6.45) is 3.86. The van der Waals surface area contributed by atoms with E-state index < -0.39 is 16.9 Å². The molecular weight excluding hydrogens is 354 g/mol. The summed E-state index contributed by atoms with van der Waals surface area (Å²) in [5.74, 6) is -0.233. The third kappa shape index (κ3) is 5.86. The molecule has 130 valence electrons. The van der Waals surface area contributed by atoms with Gasteiger partial charge < -0.3 is 10.6 Å². The van der Waals surface area contributed by atoms with Gasteiger partial charge in [0.2, 0.25) is 5.91 Å². The Morgan fingerprint density at radius 1 is 1.50 bits per heavy atom. The second-order valence-electron chi connectivity index (χ2n) is 4.76. The molecule has 0 saturated carbocycles. The van der Waals surface area contributed by atoms with Crippen LogP contribution in [0.15, 0.2) is 30.9 Å². The van der Waals surface area contributed by atoms with Crippen molar-refractivity contribution in [2.75, 3.05) is 18.6 Å². The van der Waals surface area contributed by atoms with Crippen LogP contribution in [0.2, 0.25) is 5.02 Å². The van der Waals surface area contributed by atoms with E-state index in [2.05, 4.69) is 17.2 Å². The molecular formula is C15H18ClN3O4S. The molecule has 0 aliphatic rings. The summed E-state index contributed by atoms with van der Waals surface area (Å²) in [5, 5.41) is 16.1. The maximum Gasteiger partial charge on any atom is 0.288 e. The summed E-state index contributed by atoms with van der Waals surface area (Å²) in [4.78, 5) is 34.6. The van der Waals surface area contributed by atoms with Gasteiger partial charge in [-0.3, -0.25) is 19.7 Å². The van der Waals surface area contributed by atoms with Crippen LogP contribution in [0.1, 0.15) is 16.8 Å². The Morgan fingerprint density at radius 2 is 2.21 bits per heavy atom. The Kier molecular flexibility index (Phi) is 8.28. The minimum absolute atomic E-state index is 0.0563. The zero-order chi connectivity index (χ0) is 18.1. The smallest absolute Gasteiger partial charge is 0.288 e. The van der Waals surface area contributed by atoms with Gasteiger partial charge in [0, 0.05) is 18.2 Å². The van der Waals surface area contributed by atoms with Gasteiger partial charge in [-0.25, -0.2) is 0 Å². The van der Waals surface area contributed by atoms with Crippen LogP contribution in [-0.4, -0.2) is 41.3 Å². The van der Waals surface area contributed by atoms with Gasteiger partial charge >= 0.3 is 0 Å². The van der Waals surface area contributed by atoms with Crippen molar-refractivity contribution in [3.63, 3.8) is 0 Å². The van der Waals surface area contributed by atoms with Crippen LogP contribution in [0.4, 0.5) is 5.69 Å². The van der Waals surface area contributed by atoms with Crippen LogP contribution in [0.3, 0.4) is 0 Å². The molecule has 24 heavy (non-hydrogen) atoms. The number of nitro benzene ring substituents is 1. The van der Waals surface area contributed by atoms with Gasteiger partial charge in [0.25, 0.3) is 11.6 Å². The molecule has 1 aromatic rings. The van der Waals surface area contributed by atoms with Gasteiger partial charge in [0.05, 0.1) is 4.92 Å². The minimum Gasteiger partial charge on any atom is -0.351 e. The van der Waals surface area contributed by atoms with E-state index in [1.807, 2.05) is 6.26 Å². The lowest BCUT2D eigenvalue weighted by atomic mass is 10.1. The molecule has 0 aromatic heterocycles. The summed E-state index contributed by atoms with van der Waals surface area (Å²) in [6, 6.07) is 3.01. The highest BCUT2D eigenvalue weighted by Crippen LogP contribution is 2.25. The van der Waals surface area contributed by atoms with Gasteiger partial charge in [-0.2, -0.15) is 11.8 Å². The number of halogens is 1. The fraction of sp³-hybridized carbons (Fsp3) is 0.333. The molecule has 0 fully saturated rings. The average molecular weight is 372 g/mol. The topological polar surface area (TPSA) is 101 Å². The molecule has 2 N–H and O–H groups in total. The molecule has 9 heteroatoms. The number of carbonyl (C=O) groups is 2. The molecule has 0 aliphatic heterocycles. The van der Waals surface area contributed by atoms with E-state index >= 15 is 0 Å². The third-order valence-electron chi connectivity index (χ3n) is 3.06. The highest BCUT2D eigenvalue weighted by atomic mass is 35.5. The molecule has 0 radical (unpaired) electrons. The van der Waals surface area contributed by atoms with Crippen molar-refractivity contribution in [2.45, 2.75) is 12.5 Å². The van der Waals surface area contributed by atoms with Crippen LogP contribution in [0.25, 0.3) is 0 Å². The van der Waals surface area contributed by atoms with Crippen LogP contribution < -0.4 is 10.6 Å². The summed E-state index contributed by atoms with van der Waals surface area (Å²) >= 11 is 7.27. The molecule has 0 spiro atoms. The molecule has 7 nitrogen and oxygen atoms in total. The third-order valence-corrected chi connectivity index (χ3v) is 4.02. The number of rotatable bonds is 9. The molecule has 1 rings (SSSR count). The number of benzene rings is 1. The molecule has 2 amide bonds. The van der Waals surface area contributed by atoms with Crippen LogP contribution in [0, 0.1) is 10.1 Å². The van der Waals surface area contributed by atoms with Crippen molar-refractivity contribution in [1.82, 2.24) is 10.6 Å². The highest BCUT2D eigenvalue weighted by molar-refractivity contribution is 7.98. The first-order valence-corrected chi connectivity index (χ1v) is 8.80. The number of carbonyl (C=O) groups excluding carboxylic acids is 2. The number of hydrogen-bond acceptors (Lipinski definition) is 5. The van der Waals surface area contributed by atoms with Crippen molar-refractivity contribution < 1.29 is 14.5 Å². The van der Waals surface area contributed by atoms with Gasteiger partial charge in [0.1, 0.15) is 11.1 Å². The lowest BCUT2D eigenvalue weighted by molar-refractivity contribution is -0.384. The van der Waals surface area contributed by atoms with Gasteiger partial charge in [0.15, 0.2) is 0 Å². The van der Waals surface area contributed by atoms with E-state index in [0.29, 0.717) is 12.2 Å². The minimum atomic E-state index is -0.736. The quantitative estimate of drug-likeness (QED) is 0.394. The van der Waals surface area contributed by atoms with E-state index in [4.69, 9.17) is 11.6 Å². The zero-order valence-corrected chi connectivity index (χ0v) is 14.7. The second-order valence-corrected chi connectivity index (χ2v) is 6.16. The number of hydrogen-bond donors (Lipinski definition) is 2. The van der Waals surface area contributed by atoms with Crippen LogP contribution >= 0.6 is 23.4 Å². The van der Waals surface area contributed by atoms with Crippen LogP contribution in [-0.2, 0) is 4.79 Å². The second kappa shape index (κ2) is 9.94. The summed E-state index contributed by atoms with van der Waals surface area (Å²) < 4.78 is 0. The van der Waals surface area contributed by atoms with E-state index in [0.717, 1.165) is 6.07 Å². The number of thioether (sulfide) groups is 1. The maximum absolute atomic E-state index is 12.3. The van der Waals surface area contributed by atoms with E-state index in [1.165, 1.54) is 18.2 Å². The fourth-order valence-electron chi connectivity index (χ4n) is 1.84. The molecule has 0 heterocycles. The predicted octanol–water partition coefficient (Wildman–Crippen LogP) is 2.40. The van der Waals surface area contributed by atoms with Crippen molar-refractivity contribution in [3.05, 3.63) is 51.6 Å².